The summed E-state index contributed by atoms with van der Waals surface area (Å²) in [6, 6.07) is 19.8. The number of benzene rings is 2. The molecule has 0 aliphatic carbocycles. The molecule has 0 bridgehead atoms. The van der Waals surface area contributed by atoms with Gasteiger partial charge in [-0.25, -0.2) is 0 Å². The lowest BCUT2D eigenvalue weighted by Gasteiger charge is -2.45. The van der Waals surface area contributed by atoms with E-state index in [1.54, 1.807) is 5.56 Å². The highest BCUT2D eigenvalue weighted by atomic mass is 15.2. The highest BCUT2D eigenvalue weighted by molar-refractivity contribution is 5.32. The first-order chi connectivity index (χ1) is 10.8. The van der Waals surface area contributed by atoms with Gasteiger partial charge in [0.1, 0.15) is 0 Å². The minimum Gasteiger partial charge on any atom is -0.307 e. The van der Waals surface area contributed by atoms with E-state index in [0.29, 0.717) is 5.54 Å². The summed E-state index contributed by atoms with van der Waals surface area (Å²) in [5.74, 6) is 0. The maximum absolute atomic E-state index is 3.85. The molecule has 0 atom stereocenters. The van der Waals surface area contributed by atoms with Gasteiger partial charge in [0, 0.05) is 31.7 Å². The molecule has 2 nitrogen and oxygen atoms in total. The van der Waals surface area contributed by atoms with Crippen molar-refractivity contribution in [3.05, 3.63) is 71.3 Å². The molecule has 0 amide bonds. The van der Waals surface area contributed by atoms with Crippen LogP contribution < -0.4 is 5.32 Å². The van der Waals surface area contributed by atoms with Gasteiger partial charge in [-0.05, 0) is 36.0 Å². The monoisotopic (exact) mass is 292 g/mol. The van der Waals surface area contributed by atoms with Crippen molar-refractivity contribution in [3.63, 3.8) is 0 Å². The summed E-state index contributed by atoms with van der Waals surface area (Å²) in [5, 5.41) is 3.85. The molecule has 0 unspecified atom stereocenters. The number of hydrogen-bond donors (Lipinski definition) is 1. The smallest absolute Gasteiger partial charge is 0.0249 e. The molecule has 0 aromatic heterocycles. The second kappa shape index (κ2) is 5.86. The first kappa shape index (κ1) is 14.0. The van der Waals surface area contributed by atoms with Crippen LogP contribution in [-0.4, -0.2) is 23.5 Å². The third kappa shape index (κ3) is 2.81. The molecule has 2 aliphatic rings. The van der Waals surface area contributed by atoms with Gasteiger partial charge in [-0.2, -0.15) is 0 Å². The Balaban J connectivity index is 1.40. The Bertz CT molecular complexity index is 627. The third-order valence-corrected chi connectivity index (χ3v) is 5.36. The zero-order valence-electron chi connectivity index (χ0n) is 13.1. The van der Waals surface area contributed by atoms with Gasteiger partial charge in [0.05, 0.1) is 0 Å². The summed E-state index contributed by atoms with van der Waals surface area (Å²) < 4.78 is 0. The van der Waals surface area contributed by atoms with Gasteiger partial charge in [-0.15, -0.1) is 0 Å². The number of nitrogens with zero attached hydrogens (tertiary/aromatic N) is 1. The summed E-state index contributed by atoms with van der Waals surface area (Å²) in [6.07, 6.45) is 3.71. The molecule has 4 rings (SSSR count). The van der Waals surface area contributed by atoms with Gasteiger partial charge in [-0.1, -0.05) is 54.6 Å². The van der Waals surface area contributed by atoms with E-state index < -0.39 is 0 Å². The van der Waals surface area contributed by atoms with Crippen molar-refractivity contribution in [2.24, 2.45) is 0 Å². The minimum atomic E-state index is 0.335. The summed E-state index contributed by atoms with van der Waals surface area (Å²) in [4.78, 5) is 2.60. The lowest BCUT2D eigenvalue weighted by Crippen LogP contribution is -2.56. The second-order valence-corrected chi connectivity index (χ2v) is 6.84. The van der Waals surface area contributed by atoms with Crippen molar-refractivity contribution >= 4 is 0 Å². The number of nitrogens with one attached hydrogen (secondary N) is 1. The Morgan fingerprint density at radius 1 is 0.864 bits per heavy atom. The van der Waals surface area contributed by atoms with Gasteiger partial charge < -0.3 is 5.32 Å². The third-order valence-electron chi connectivity index (χ3n) is 5.36. The molecular formula is C20H24N2. The lowest BCUT2D eigenvalue weighted by atomic mass is 9.78. The highest BCUT2D eigenvalue weighted by Gasteiger charge is 2.36. The van der Waals surface area contributed by atoms with Crippen molar-refractivity contribution in [2.45, 2.75) is 37.9 Å². The van der Waals surface area contributed by atoms with Crippen LogP contribution in [0.5, 0.6) is 0 Å². The topological polar surface area (TPSA) is 15.3 Å². The van der Waals surface area contributed by atoms with Crippen molar-refractivity contribution < 1.29 is 0 Å². The Hall–Kier alpha value is -1.64. The van der Waals surface area contributed by atoms with E-state index >= 15 is 0 Å². The van der Waals surface area contributed by atoms with Crippen LogP contribution in [0.3, 0.4) is 0 Å². The number of piperidine rings is 1. The Morgan fingerprint density at radius 2 is 1.55 bits per heavy atom. The first-order valence-electron chi connectivity index (χ1n) is 8.41. The largest absolute Gasteiger partial charge is 0.307 e. The van der Waals surface area contributed by atoms with Crippen molar-refractivity contribution in [2.75, 3.05) is 13.1 Å². The number of rotatable bonds is 2. The van der Waals surface area contributed by atoms with E-state index in [-0.39, 0.29) is 0 Å². The van der Waals surface area contributed by atoms with Crippen molar-refractivity contribution in [1.29, 1.82) is 0 Å². The van der Waals surface area contributed by atoms with Crippen LogP contribution in [0, 0.1) is 0 Å². The Labute approximate surface area is 133 Å². The Kier molecular flexibility index (Phi) is 3.73. The lowest BCUT2D eigenvalue weighted by molar-refractivity contribution is 0.122. The van der Waals surface area contributed by atoms with E-state index in [4.69, 9.17) is 0 Å². The van der Waals surface area contributed by atoms with Crippen LogP contribution >= 0.6 is 0 Å². The quantitative estimate of drug-likeness (QED) is 0.913. The van der Waals surface area contributed by atoms with Crippen molar-refractivity contribution in [1.82, 2.24) is 10.2 Å². The van der Waals surface area contributed by atoms with Crippen LogP contribution in [0.4, 0.5) is 0 Å². The summed E-state index contributed by atoms with van der Waals surface area (Å²) in [7, 11) is 0. The van der Waals surface area contributed by atoms with Crippen LogP contribution in [0.25, 0.3) is 0 Å². The molecule has 1 spiro atoms. The minimum absolute atomic E-state index is 0.335. The number of likely N-dealkylation sites (tertiary alicyclic amines) is 1. The van der Waals surface area contributed by atoms with Crippen molar-refractivity contribution in [3.8, 4) is 0 Å². The molecule has 1 saturated heterocycles. The summed E-state index contributed by atoms with van der Waals surface area (Å²) in [6.45, 7) is 4.52. The maximum atomic E-state index is 3.85. The first-order valence-corrected chi connectivity index (χ1v) is 8.41. The summed E-state index contributed by atoms with van der Waals surface area (Å²) >= 11 is 0. The van der Waals surface area contributed by atoms with Gasteiger partial charge in [0.2, 0.25) is 0 Å². The van der Waals surface area contributed by atoms with Gasteiger partial charge in [0.25, 0.3) is 0 Å². The molecule has 2 aromatic carbocycles. The fraction of sp³-hybridized carbons (Fsp3) is 0.400. The predicted molar refractivity (Wildman–Crippen MR) is 90.7 cm³/mol. The molecule has 2 aromatic rings. The molecule has 22 heavy (non-hydrogen) atoms. The maximum Gasteiger partial charge on any atom is 0.0249 e. The molecule has 114 valence electrons. The average Bonchev–Trinajstić information content (AvgIpc) is 2.58. The number of hydrogen-bond acceptors (Lipinski definition) is 2. The zero-order chi connectivity index (χ0) is 14.8. The Morgan fingerprint density at radius 3 is 2.32 bits per heavy atom. The summed E-state index contributed by atoms with van der Waals surface area (Å²) in [5.41, 5.74) is 4.81. The second-order valence-electron chi connectivity index (χ2n) is 6.84. The molecule has 2 heterocycles. The molecule has 0 saturated carbocycles. The molecular weight excluding hydrogens is 268 g/mol. The normalized spacial score (nSPS) is 20.7. The van der Waals surface area contributed by atoms with E-state index in [9.17, 15) is 0 Å². The predicted octanol–water partition coefficient (Wildman–Crippen LogP) is 3.37. The molecule has 2 aliphatic heterocycles. The molecule has 0 radical (unpaired) electrons. The zero-order valence-corrected chi connectivity index (χ0v) is 13.1. The molecule has 1 fully saturated rings. The van der Waals surface area contributed by atoms with Gasteiger partial charge >= 0.3 is 0 Å². The van der Waals surface area contributed by atoms with E-state index in [1.807, 2.05) is 0 Å². The van der Waals surface area contributed by atoms with Gasteiger partial charge in [-0.3, -0.25) is 4.90 Å². The van der Waals surface area contributed by atoms with Crippen LogP contribution in [-0.2, 0) is 19.5 Å². The van der Waals surface area contributed by atoms with E-state index in [2.05, 4.69) is 64.8 Å². The van der Waals surface area contributed by atoms with Crippen LogP contribution in [0.15, 0.2) is 54.6 Å². The van der Waals surface area contributed by atoms with Gasteiger partial charge in [0.15, 0.2) is 0 Å². The molecule has 1 N–H and O–H groups in total. The SMILES string of the molecule is c1ccc(CN2CCC3(CC2)Cc2ccccc2CN3)cc1. The number of fused-ring (bicyclic) bond motifs is 1. The highest BCUT2D eigenvalue weighted by Crippen LogP contribution is 2.32. The fourth-order valence-corrected chi connectivity index (χ4v) is 3.95. The average molecular weight is 292 g/mol. The van der Waals surface area contributed by atoms with Crippen LogP contribution in [0.2, 0.25) is 0 Å². The van der Waals surface area contributed by atoms with E-state index in [1.165, 1.54) is 43.5 Å². The fourth-order valence-electron chi connectivity index (χ4n) is 3.95. The molecule has 2 heteroatoms. The van der Waals surface area contributed by atoms with Crippen LogP contribution in [0.1, 0.15) is 29.5 Å². The van der Waals surface area contributed by atoms with E-state index in [0.717, 1.165) is 13.1 Å². The standard InChI is InChI=1S/C20H24N2/c1-2-6-17(7-3-1)16-22-12-10-20(11-13-22)14-18-8-4-5-9-19(18)15-21-20/h1-9,21H,10-16H2.